The summed E-state index contributed by atoms with van der Waals surface area (Å²) in [5, 5.41) is 0. The second-order valence-electron chi connectivity index (χ2n) is 4.47. The van der Waals surface area contributed by atoms with E-state index in [1.165, 1.54) is 11.1 Å². The molecule has 0 saturated carbocycles. The molecule has 1 aliphatic rings. The molecule has 0 amide bonds. The van der Waals surface area contributed by atoms with Crippen molar-refractivity contribution < 1.29 is 9.47 Å². The van der Waals surface area contributed by atoms with Gasteiger partial charge in [0.2, 0.25) is 0 Å². The van der Waals surface area contributed by atoms with Gasteiger partial charge in [-0.2, -0.15) is 0 Å². The molecule has 1 atom stereocenters. The topological polar surface area (TPSA) is 18.5 Å². The second-order valence-corrected chi connectivity index (χ2v) is 4.47. The van der Waals surface area contributed by atoms with Crippen molar-refractivity contribution in [3.63, 3.8) is 0 Å². The van der Waals surface area contributed by atoms with E-state index in [0.717, 1.165) is 5.56 Å². The maximum absolute atomic E-state index is 5.87. The van der Waals surface area contributed by atoms with Crippen molar-refractivity contribution in [3.05, 3.63) is 77.9 Å². The van der Waals surface area contributed by atoms with Gasteiger partial charge in [0.1, 0.15) is 12.9 Å². The molecular formula is C17H16O2. The first-order chi connectivity index (χ1) is 9.45. The van der Waals surface area contributed by atoms with E-state index in [1.807, 2.05) is 36.4 Å². The van der Waals surface area contributed by atoms with Gasteiger partial charge in [0.15, 0.2) is 0 Å². The standard InChI is InChI=1S/C17H16O2/c1-3-7-14(8-4-1)16-11-12-18-13-19-17(16)15-9-5-2-6-10-15/h1-11,17H,12-13H2. The molecule has 0 N–H and O–H groups in total. The molecule has 0 spiro atoms. The average molecular weight is 252 g/mol. The zero-order valence-corrected chi connectivity index (χ0v) is 10.7. The van der Waals surface area contributed by atoms with Crippen molar-refractivity contribution in [2.75, 3.05) is 13.4 Å². The van der Waals surface area contributed by atoms with Crippen LogP contribution in [-0.4, -0.2) is 13.4 Å². The molecule has 2 aromatic rings. The van der Waals surface area contributed by atoms with Gasteiger partial charge in [-0.05, 0) is 16.7 Å². The van der Waals surface area contributed by atoms with Crippen molar-refractivity contribution in [1.29, 1.82) is 0 Å². The van der Waals surface area contributed by atoms with Crippen LogP contribution in [-0.2, 0) is 9.47 Å². The summed E-state index contributed by atoms with van der Waals surface area (Å²) in [6, 6.07) is 20.6. The quantitative estimate of drug-likeness (QED) is 0.809. The third-order valence-electron chi connectivity index (χ3n) is 3.23. The lowest BCUT2D eigenvalue weighted by molar-refractivity contribution is -0.0585. The highest BCUT2D eigenvalue weighted by atomic mass is 16.7. The minimum Gasteiger partial charge on any atom is -0.351 e. The number of hydrogen-bond donors (Lipinski definition) is 0. The summed E-state index contributed by atoms with van der Waals surface area (Å²) in [5.74, 6) is 0. The smallest absolute Gasteiger partial charge is 0.148 e. The molecule has 19 heavy (non-hydrogen) atoms. The molecule has 0 bridgehead atoms. The average Bonchev–Trinajstić information content (AvgIpc) is 2.75. The largest absolute Gasteiger partial charge is 0.351 e. The lowest BCUT2D eigenvalue weighted by Gasteiger charge is -2.19. The summed E-state index contributed by atoms with van der Waals surface area (Å²) in [5.41, 5.74) is 3.51. The molecule has 1 aliphatic heterocycles. The molecule has 0 saturated heterocycles. The van der Waals surface area contributed by atoms with Crippen LogP contribution in [0.2, 0.25) is 0 Å². The molecule has 2 nitrogen and oxygen atoms in total. The molecule has 0 radical (unpaired) electrons. The second kappa shape index (κ2) is 5.83. The van der Waals surface area contributed by atoms with Crippen molar-refractivity contribution in [1.82, 2.24) is 0 Å². The Labute approximate surface area is 113 Å². The minimum atomic E-state index is -0.0638. The lowest BCUT2D eigenvalue weighted by atomic mass is 9.95. The Morgan fingerprint density at radius 2 is 1.53 bits per heavy atom. The van der Waals surface area contributed by atoms with Gasteiger partial charge in [0, 0.05) is 0 Å². The van der Waals surface area contributed by atoms with E-state index >= 15 is 0 Å². The fourth-order valence-electron chi connectivity index (χ4n) is 2.31. The summed E-state index contributed by atoms with van der Waals surface area (Å²) in [4.78, 5) is 0. The van der Waals surface area contributed by atoms with Crippen molar-refractivity contribution in [3.8, 4) is 0 Å². The van der Waals surface area contributed by atoms with Crippen molar-refractivity contribution >= 4 is 5.57 Å². The Hall–Kier alpha value is -1.90. The molecule has 0 aromatic heterocycles. The fourth-order valence-corrected chi connectivity index (χ4v) is 2.31. The Balaban J connectivity index is 2.00. The van der Waals surface area contributed by atoms with Gasteiger partial charge in [-0.25, -0.2) is 0 Å². The molecule has 2 aromatic carbocycles. The predicted molar refractivity (Wildman–Crippen MR) is 75.5 cm³/mol. The fraction of sp³-hybridized carbons (Fsp3) is 0.176. The molecule has 1 unspecified atom stereocenters. The van der Waals surface area contributed by atoms with Crippen LogP contribution >= 0.6 is 0 Å². The molecule has 1 heterocycles. The van der Waals surface area contributed by atoms with Gasteiger partial charge in [0.05, 0.1) is 6.61 Å². The first-order valence-electron chi connectivity index (χ1n) is 6.45. The molecule has 3 rings (SSSR count). The highest BCUT2D eigenvalue weighted by Crippen LogP contribution is 2.34. The highest BCUT2D eigenvalue weighted by molar-refractivity contribution is 5.70. The number of hydrogen-bond acceptors (Lipinski definition) is 2. The van der Waals surface area contributed by atoms with Crippen LogP contribution in [0.3, 0.4) is 0 Å². The van der Waals surface area contributed by atoms with Gasteiger partial charge >= 0.3 is 0 Å². The molecule has 2 heteroatoms. The lowest BCUT2D eigenvalue weighted by Crippen LogP contribution is -2.06. The number of ether oxygens (including phenoxy) is 2. The zero-order valence-electron chi connectivity index (χ0n) is 10.7. The van der Waals surface area contributed by atoms with Gasteiger partial charge in [-0.3, -0.25) is 0 Å². The summed E-state index contributed by atoms with van der Waals surface area (Å²) >= 11 is 0. The number of benzene rings is 2. The molecular weight excluding hydrogens is 236 g/mol. The van der Waals surface area contributed by atoms with Crippen LogP contribution in [0, 0.1) is 0 Å². The third kappa shape index (κ3) is 2.75. The maximum Gasteiger partial charge on any atom is 0.148 e. The normalized spacial score (nSPS) is 19.6. The predicted octanol–water partition coefficient (Wildman–Crippen LogP) is 3.82. The summed E-state index contributed by atoms with van der Waals surface area (Å²) in [6.07, 6.45) is 2.05. The van der Waals surface area contributed by atoms with Gasteiger partial charge < -0.3 is 9.47 Å². The molecule has 96 valence electrons. The third-order valence-corrected chi connectivity index (χ3v) is 3.23. The summed E-state index contributed by atoms with van der Waals surface area (Å²) in [7, 11) is 0. The van der Waals surface area contributed by atoms with E-state index < -0.39 is 0 Å². The summed E-state index contributed by atoms with van der Waals surface area (Å²) in [6.45, 7) is 0.917. The van der Waals surface area contributed by atoms with Crippen LogP contribution in [0.25, 0.3) is 5.57 Å². The Kier molecular flexibility index (Phi) is 3.73. The number of rotatable bonds is 2. The van der Waals surface area contributed by atoms with Crippen LogP contribution in [0.4, 0.5) is 0 Å². The van der Waals surface area contributed by atoms with Crippen molar-refractivity contribution in [2.45, 2.75) is 6.10 Å². The zero-order chi connectivity index (χ0) is 12.9. The van der Waals surface area contributed by atoms with Crippen LogP contribution < -0.4 is 0 Å². The summed E-state index contributed by atoms with van der Waals surface area (Å²) < 4.78 is 11.3. The first-order valence-corrected chi connectivity index (χ1v) is 6.45. The van der Waals surface area contributed by atoms with Crippen LogP contribution in [0.5, 0.6) is 0 Å². The monoisotopic (exact) mass is 252 g/mol. The van der Waals surface area contributed by atoms with Gasteiger partial charge in [-0.1, -0.05) is 66.7 Å². The Bertz CT molecular complexity index is 546. The molecule has 0 aliphatic carbocycles. The van der Waals surface area contributed by atoms with E-state index in [-0.39, 0.29) is 6.10 Å². The Morgan fingerprint density at radius 3 is 2.26 bits per heavy atom. The molecule has 0 fully saturated rings. The van der Waals surface area contributed by atoms with E-state index in [9.17, 15) is 0 Å². The van der Waals surface area contributed by atoms with E-state index in [2.05, 4.69) is 30.3 Å². The van der Waals surface area contributed by atoms with Crippen molar-refractivity contribution in [2.24, 2.45) is 0 Å². The Morgan fingerprint density at radius 1 is 0.842 bits per heavy atom. The van der Waals surface area contributed by atoms with Crippen LogP contribution in [0.1, 0.15) is 17.2 Å². The van der Waals surface area contributed by atoms with Gasteiger partial charge in [-0.15, -0.1) is 0 Å². The highest BCUT2D eigenvalue weighted by Gasteiger charge is 2.20. The van der Waals surface area contributed by atoms with Gasteiger partial charge in [0.25, 0.3) is 0 Å². The van der Waals surface area contributed by atoms with E-state index in [4.69, 9.17) is 9.47 Å². The SMILES string of the molecule is C1=C(c2ccccc2)C(c2ccccc2)OCOC1. The minimum absolute atomic E-state index is 0.0638. The van der Waals surface area contributed by atoms with E-state index in [0.29, 0.717) is 13.4 Å². The maximum atomic E-state index is 5.87. The van der Waals surface area contributed by atoms with E-state index in [1.54, 1.807) is 0 Å². The first kappa shape index (κ1) is 12.2. The van der Waals surface area contributed by atoms with Crippen LogP contribution in [0.15, 0.2) is 66.7 Å².